The largest absolute Gasteiger partial charge is 0.497 e. The first-order valence-corrected chi connectivity index (χ1v) is 8.41. The molecule has 3 aromatic carbocycles. The highest BCUT2D eigenvalue weighted by atomic mass is 16.5. The highest BCUT2D eigenvalue weighted by Crippen LogP contribution is 2.23. The van der Waals surface area contributed by atoms with E-state index >= 15 is 0 Å². The number of esters is 1. The van der Waals surface area contributed by atoms with Crippen LogP contribution in [-0.4, -0.2) is 23.0 Å². The van der Waals surface area contributed by atoms with Crippen molar-refractivity contribution < 1.29 is 14.3 Å². The van der Waals surface area contributed by atoms with E-state index in [0.29, 0.717) is 17.1 Å². The molecule has 0 bridgehead atoms. The van der Waals surface area contributed by atoms with Gasteiger partial charge in [0.2, 0.25) is 0 Å². The van der Waals surface area contributed by atoms with Gasteiger partial charge in [-0.1, -0.05) is 18.2 Å². The van der Waals surface area contributed by atoms with Gasteiger partial charge in [-0.05, 0) is 54.6 Å². The summed E-state index contributed by atoms with van der Waals surface area (Å²) < 4.78 is 10.6. The molecule has 27 heavy (non-hydrogen) atoms. The molecule has 0 N–H and O–H groups in total. The van der Waals surface area contributed by atoms with Gasteiger partial charge in [-0.3, -0.25) is 4.98 Å². The zero-order valence-electron chi connectivity index (χ0n) is 14.6. The third-order valence-corrected chi connectivity index (χ3v) is 4.11. The summed E-state index contributed by atoms with van der Waals surface area (Å²) >= 11 is 0. The molecule has 1 heterocycles. The summed E-state index contributed by atoms with van der Waals surface area (Å²) in [6, 6.07) is 21.8. The Morgan fingerprint density at radius 1 is 0.852 bits per heavy atom. The summed E-state index contributed by atoms with van der Waals surface area (Å²) in [5.41, 5.74) is 3.78. The fraction of sp³-hybridized carbons (Fsp3) is 0.0455. The van der Waals surface area contributed by atoms with Crippen LogP contribution in [0.4, 0.5) is 0 Å². The molecule has 0 saturated carbocycles. The smallest absolute Gasteiger partial charge is 0.343 e. The second-order valence-electron chi connectivity index (χ2n) is 5.89. The van der Waals surface area contributed by atoms with Crippen molar-refractivity contribution in [1.82, 2.24) is 9.97 Å². The Labute approximate surface area is 156 Å². The van der Waals surface area contributed by atoms with Gasteiger partial charge in [0.05, 0.1) is 35.6 Å². The maximum absolute atomic E-state index is 12.3. The number of benzene rings is 3. The highest BCUT2D eigenvalue weighted by Gasteiger charge is 2.10. The zero-order valence-corrected chi connectivity index (χ0v) is 14.6. The number of fused-ring (bicyclic) bond motifs is 1. The Bertz CT molecular complexity index is 1110. The van der Waals surface area contributed by atoms with Crippen molar-refractivity contribution in [2.75, 3.05) is 7.11 Å². The molecule has 0 aliphatic heterocycles. The van der Waals surface area contributed by atoms with Crippen molar-refractivity contribution in [3.05, 3.63) is 84.6 Å². The molecule has 132 valence electrons. The van der Waals surface area contributed by atoms with E-state index in [1.54, 1.807) is 49.7 Å². The lowest BCUT2D eigenvalue weighted by atomic mass is 10.1. The SMILES string of the molecule is COc1cccc(C(=O)Oc2ccc(-c3cnc4ccccc4n3)cc2)c1. The van der Waals surface area contributed by atoms with E-state index in [9.17, 15) is 4.79 Å². The van der Waals surface area contributed by atoms with E-state index in [1.807, 2.05) is 36.4 Å². The molecule has 5 heteroatoms. The second kappa shape index (κ2) is 7.25. The highest BCUT2D eigenvalue weighted by molar-refractivity contribution is 5.91. The average molecular weight is 356 g/mol. The van der Waals surface area contributed by atoms with E-state index in [0.717, 1.165) is 22.3 Å². The minimum atomic E-state index is -0.438. The van der Waals surface area contributed by atoms with Gasteiger partial charge in [-0.25, -0.2) is 9.78 Å². The molecule has 0 amide bonds. The molecule has 0 fully saturated rings. The molecular weight excluding hydrogens is 340 g/mol. The summed E-state index contributed by atoms with van der Waals surface area (Å²) in [4.78, 5) is 21.3. The maximum Gasteiger partial charge on any atom is 0.343 e. The van der Waals surface area contributed by atoms with Crippen molar-refractivity contribution in [2.45, 2.75) is 0 Å². The number of carbonyl (C=O) groups excluding carboxylic acids is 1. The van der Waals surface area contributed by atoms with E-state index < -0.39 is 5.97 Å². The van der Waals surface area contributed by atoms with Gasteiger partial charge in [-0.15, -0.1) is 0 Å². The normalized spacial score (nSPS) is 10.6. The third kappa shape index (κ3) is 3.62. The second-order valence-corrected chi connectivity index (χ2v) is 5.89. The van der Waals surface area contributed by atoms with E-state index in [1.165, 1.54) is 0 Å². The van der Waals surface area contributed by atoms with Crippen LogP contribution in [0.25, 0.3) is 22.3 Å². The molecule has 0 spiro atoms. The molecular formula is C22H16N2O3. The molecule has 4 rings (SSSR count). The first kappa shape index (κ1) is 16.7. The standard InChI is InChI=1S/C22H16N2O3/c1-26-18-6-4-5-16(13-18)22(25)27-17-11-9-15(10-12-17)21-14-23-19-7-2-3-8-20(19)24-21/h2-14H,1H3. The predicted molar refractivity (Wildman–Crippen MR) is 103 cm³/mol. The van der Waals surface area contributed by atoms with Gasteiger partial charge in [-0.2, -0.15) is 0 Å². The molecule has 1 aromatic heterocycles. The third-order valence-electron chi connectivity index (χ3n) is 4.11. The molecule has 0 atom stereocenters. The van der Waals surface area contributed by atoms with Crippen LogP contribution < -0.4 is 9.47 Å². The first-order valence-electron chi connectivity index (χ1n) is 8.41. The van der Waals surface area contributed by atoms with Crippen LogP contribution >= 0.6 is 0 Å². The van der Waals surface area contributed by atoms with E-state index in [4.69, 9.17) is 9.47 Å². The lowest BCUT2D eigenvalue weighted by Gasteiger charge is -2.07. The lowest BCUT2D eigenvalue weighted by molar-refractivity contribution is 0.0734. The number of carbonyl (C=O) groups is 1. The Morgan fingerprint density at radius 2 is 1.63 bits per heavy atom. The minimum absolute atomic E-state index is 0.429. The van der Waals surface area contributed by atoms with Crippen LogP contribution in [0.1, 0.15) is 10.4 Å². The number of hydrogen-bond donors (Lipinski definition) is 0. The van der Waals surface area contributed by atoms with Gasteiger partial charge >= 0.3 is 5.97 Å². The van der Waals surface area contributed by atoms with E-state index in [2.05, 4.69) is 9.97 Å². The summed E-state index contributed by atoms with van der Waals surface area (Å²) in [7, 11) is 1.55. The van der Waals surface area contributed by atoms with Crippen LogP contribution in [0.3, 0.4) is 0 Å². The van der Waals surface area contributed by atoms with Gasteiger partial charge in [0.25, 0.3) is 0 Å². The Hall–Kier alpha value is -3.73. The molecule has 5 nitrogen and oxygen atoms in total. The quantitative estimate of drug-likeness (QED) is 0.397. The van der Waals surface area contributed by atoms with Gasteiger partial charge in [0.15, 0.2) is 0 Å². The minimum Gasteiger partial charge on any atom is -0.497 e. The fourth-order valence-corrected chi connectivity index (χ4v) is 2.71. The van der Waals surface area contributed by atoms with Crippen LogP contribution in [-0.2, 0) is 0 Å². The lowest BCUT2D eigenvalue weighted by Crippen LogP contribution is -2.08. The topological polar surface area (TPSA) is 61.3 Å². The number of aromatic nitrogens is 2. The summed E-state index contributed by atoms with van der Waals surface area (Å²) in [5, 5.41) is 0. The Morgan fingerprint density at radius 3 is 2.41 bits per heavy atom. The molecule has 0 saturated heterocycles. The molecule has 0 aliphatic rings. The molecule has 4 aromatic rings. The summed E-state index contributed by atoms with van der Waals surface area (Å²) in [6.07, 6.45) is 1.74. The zero-order chi connectivity index (χ0) is 18.6. The van der Waals surface area contributed by atoms with Crippen molar-refractivity contribution in [3.63, 3.8) is 0 Å². The van der Waals surface area contributed by atoms with Crippen molar-refractivity contribution in [2.24, 2.45) is 0 Å². The summed E-state index contributed by atoms with van der Waals surface area (Å²) in [6.45, 7) is 0. The summed E-state index contributed by atoms with van der Waals surface area (Å²) in [5.74, 6) is 0.627. The van der Waals surface area contributed by atoms with Gasteiger partial charge in [0, 0.05) is 5.56 Å². The van der Waals surface area contributed by atoms with Crippen LogP contribution in [0, 0.1) is 0 Å². The fourth-order valence-electron chi connectivity index (χ4n) is 2.71. The average Bonchev–Trinajstić information content (AvgIpc) is 2.74. The monoisotopic (exact) mass is 356 g/mol. The molecule has 0 unspecified atom stereocenters. The predicted octanol–water partition coefficient (Wildman–Crippen LogP) is 4.52. The Kier molecular flexibility index (Phi) is 4.49. The number of rotatable bonds is 4. The van der Waals surface area contributed by atoms with Gasteiger partial charge in [0.1, 0.15) is 11.5 Å². The number of ether oxygens (including phenoxy) is 2. The van der Waals surface area contributed by atoms with Crippen molar-refractivity contribution in [3.8, 4) is 22.8 Å². The van der Waals surface area contributed by atoms with Gasteiger partial charge < -0.3 is 9.47 Å². The molecule has 0 radical (unpaired) electrons. The molecule has 0 aliphatic carbocycles. The van der Waals surface area contributed by atoms with Crippen LogP contribution in [0.5, 0.6) is 11.5 Å². The number of methoxy groups -OCH3 is 1. The van der Waals surface area contributed by atoms with Crippen molar-refractivity contribution >= 4 is 17.0 Å². The first-order chi connectivity index (χ1) is 13.2. The Balaban J connectivity index is 1.53. The number of hydrogen-bond acceptors (Lipinski definition) is 5. The van der Waals surface area contributed by atoms with Crippen molar-refractivity contribution in [1.29, 1.82) is 0 Å². The maximum atomic E-state index is 12.3. The van der Waals surface area contributed by atoms with E-state index in [-0.39, 0.29) is 0 Å². The number of nitrogens with zero attached hydrogens (tertiary/aromatic N) is 2. The van der Waals surface area contributed by atoms with Crippen LogP contribution in [0.15, 0.2) is 79.0 Å². The number of para-hydroxylation sites is 2. The van der Waals surface area contributed by atoms with Crippen LogP contribution in [0.2, 0.25) is 0 Å².